The number of nitrogens with zero attached hydrogens (tertiary/aromatic N) is 3. The van der Waals surface area contributed by atoms with Crippen LogP contribution in [0.15, 0.2) is 0 Å². The fourth-order valence-electron chi connectivity index (χ4n) is 14.4. The Morgan fingerprint density at radius 3 is 2.13 bits per heavy atom. The highest BCUT2D eigenvalue weighted by atomic mass is 32.2. The molecule has 9 fully saturated rings. The van der Waals surface area contributed by atoms with E-state index >= 15 is 0 Å². The van der Waals surface area contributed by atoms with Gasteiger partial charge >= 0.3 is 12.2 Å². The summed E-state index contributed by atoms with van der Waals surface area (Å²) in [6.45, 7) is 14.7. The summed E-state index contributed by atoms with van der Waals surface area (Å²) < 4.78 is 45.4. The molecule has 2 amide bonds. The standard InChI is InChI=1S/C42H69N3O7S/c1-27(2)37(52-39(47)43-18-9-19-43)32-14-12-29-33(50-32)24-30-31-13-15-34-40(4,5)35(51-38(46)44-20-22-45(23-21-44)53(6,48)49)11-8-17-42(34)25-41(31,26-42)16-7-10-28(3)36(29)30/h27-37H,7-26H2,1-6H3. The van der Waals surface area contributed by atoms with Crippen LogP contribution in [0.1, 0.15) is 125 Å². The molecule has 0 aromatic rings. The molecule has 0 aromatic heterocycles. The van der Waals surface area contributed by atoms with Crippen molar-refractivity contribution in [2.45, 2.75) is 149 Å². The fourth-order valence-corrected chi connectivity index (χ4v) is 15.2. The van der Waals surface area contributed by atoms with E-state index in [2.05, 4.69) is 34.6 Å². The molecule has 3 saturated heterocycles. The number of piperazine rings is 1. The Kier molecular flexibility index (Phi) is 10.2. The highest BCUT2D eigenvalue weighted by molar-refractivity contribution is 7.88. The second kappa shape index (κ2) is 14.1. The van der Waals surface area contributed by atoms with Crippen LogP contribution in [-0.4, -0.2) is 105 Å². The summed E-state index contributed by atoms with van der Waals surface area (Å²) in [7, 11) is -3.26. The summed E-state index contributed by atoms with van der Waals surface area (Å²) in [5.41, 5.74) is 0.621. The molecular weight excluding hydrogens is 691 g/mol. The summed E-state index contributed by atoms with van der Waals surface area (Å²) >= 11 is 0. The molecule has 11 heteroatoms. The summed E-state index contributed by atoms with van der Waals surface area (Å²) in [5.74, 6) is 4.15. The van der Waals surface area contributed by atoms with Crippen molar-refractivity contribution in [1.29, 1.82) is 0 Å². The first-order valence-electron chi connectivity index (χ1n) is 21.6. The minimum Gasteiger partial charge on any atom is -0.446 e. The van der Waals surface area contributed by atoms with Crippen LogP contribution in [0, 0.1) is 57.7 Å². The van der Waals surface area contributed by atoms with Gasteiger partial charge in [-0.1, -0.05) is 47.5 Å². The number of rotatable bonds is 5. The van der Waals surface area contributed by atoms with Crippen molar-refractivity contribution in [2.24, 2.45) is 57.7 Å². The highest BCUT2D eigenvalue weighted by Crippen LogP contribution is 2.76. The van der Waals surface area contributed by atoms with E-state index in [0.717, 1.165) is 45.2 Å². The van der Waals surface area contributed by atoms with Gasteiger partial charge in [0.2, 0.25) is 10.0 Å². The van der Waals surface area contributed by atoms with Crippen LogP contribution < -0.4 is 0 Å². The van der Waals surface area contributed by atoms with Crippen LogP contribution in [-0.2, 0) is 24.2 Å². The Labute approximate surface area is 319 Å². The summed E-state index contributed by atoms with van der Waals surface area (Å²) in [6, 6.07) is 0. The minimum atomic E-state index is -3.26. The van der Waals surface area contributed by atoms with Gasteiger partial charge in [0, 0.05) is 44.7 Å². The molecule has 3 aliphatic heterocycles. The van der Waals surface area contributed by atoms with E-state index in [9.17, 15) is 18.0 Å². The molecule has 3 heterocycles. The van der Waals surface area contributed by atoms with E-state index < -0.39 is 10.0 Å². The molecule has 10 atom stereocenters. The molecule has 2 bridgehead atoms. The highest BCUT2D eigenvalue weighted by Gasteiger charge is 2.68. The number of ether oxygens (including phenoxy) is 3. The molecule has 10 unspecified atom stereocenters. The molecule has 6 saturated carbocycles. The van der Waals surface area contributed by atoms with Gasteiger partial charge < -0.3 is 24.0 Å². The van der Waals surface area contributed by atoms with Crippen LogP contribution in [0.25, 0.3) is 0 Å². The third-order valence-electron chi connectivity index (χ3n) is 16.8. The van der Waals surface area contributed by atoms with Gasteiger partial charge in [-0.25, -0.2) is 18.0 Å². The summed E-state index contributed by atoms with van der Waals surface area (Å²) in [6.07, 6.45) is 17.5. The van der Waals surface area contributed by atoms with Crippen LogP contribution >= 0.6 is 0 Å². The SMILES string of the molecule is CC(C)C(OC(=O)N1CCC1)C1CCC2C(CC3C2C(C)CCCC24CC5(CCCC(OC(=O)N6CCN(S(C)(=O)=O)CC6)C(C)(C)C5CCC32)C4)O1. The summed E-state index contributed by atoms with van der Waals surface area (Å²) in [4.78, 5) is 30.1. The van der Waals surface area contributed by atoms with Gasteiger partial charge in [0.1, 0.15) is 12.2 Å². The first kappa shape index (κ1) is 38.3. The van der Waals surface area contributed by atoms with Crippen molar-refractivity contribution in [3.05, 3.63) is 0 Å². The maximum atomic E-state index is 13.6. The van der Waals surface area contributed by atoms with Crippen LogP contribution in [0.5, 0.6) is 0 Å². The number of fused-ring (bicyclic) bond motifs is 4. The van der Waals surface area contributed by atoms with Crippen LogP contribution in [0.2, 0.25) is 0 Å². The van der Waals surface area contributed by atoms with Gasteiger partial charge in [-0.15, -0.1) is 0 Å². The van der Waals surface area contributed by atoms with Gasteiger partial charge in [0.25, 0.3) is 0 Å². The molecule has 0 aromatic carbocycles. The average molecular weight is 760 g/mol. The number of likely N-dealkylation sites (tertiary alicyclic amines) is 1. The third-order valence-corrected chi connectivity index (χ3v) is 18.1. The average Bonchev–Trinajstić information content (AvgIpc) is 3.22. The number of carbonyl (C=O) groups is 2. The predicted molar refractivity (Wildman–Crippen MR) is 203 cm³/mol. The molecule has 2 spiro atoms. The lowest BCUT2D eigenvalue weighted by Gasteiger charge is -2.64. The Bertz CT molecular complexity index is 1480. The van der Waals surface area contributed by atoms with Crippen molar-refractivity contribution in [2.75, 3.05) is 45.5 Å². The Morgan fingerprint density at radius 2 is 1.47 bits per heavy atom. The van der Waals surface area contributed by atoms with E-state index in [1.807, 2.05) is 4.90 Å². The number of carbonyl (C=O) groups excluding carboxylic acids is 2. The molecule has 10 nitrogen and oxygen atoms in total. The lowest BCUT2D eigenvalue weighted by Crippen LogP contribution is -2.57. The smallest absolute Gasteiger partial charge is 0.410 e. The molecule has 6 aliphatic carbocycles. The topological polar surface area (TPSA) is 106 Å². The van der Waals surface area contributed by atoms with Gasteiger partial charge in [-0.05, 0) is 129 Å². The predicted octanol–water partition coefficient (Wildman–Crippen LogP) is 7.56. The molecule has 0 radical (unpaired) electrons. The van der Waals surface area contributed by atoms with Crippen molar-refractivity contribution in [1.82, 2.24) is 14.1 Å². The molecule has 9 aliphatic rings. The quantitative estimate of drug-likeness (QED) is 0.285. The fraction of sp³-hybridized carbons (Fsp3) is 0.952. The van der Waals surface area contributed by atoms with E-state index in [0.29, 0.717) is 72.5 Å². The zero-order chi connectivity index (χ0) is 37.5. The van der Waals surface area contributed by atoms with Crippen LogP contribution in [0.4, 0.5) is 9.59 Å². The zero-order valence-electron chi connectivity index (χ0n) is 33.6. The minimum absolute atomic E-state index is 0.0213. The van der Waals surface area contributed by atoms with E-state index in [1.165, 1.54) is 68.3 Å². The second-order valence-electron chi connectivity index (χ2n) is 20.3. The van der Waals surface area contributed by atoms with Gasteiger partial charge in [0.05, 0.1) is 18.5 Å². The maximum Gasteiger partial charge on any atom is 0.410 e. The normalized spacial score (nSPS) is 43.2. The third kappa shape index (κ3) is 6.74. The second-order valence-corrected chi connectivity index (χ2v) is 22.3. The van der Waals surface area contributed by atoms with Crippen molar-refractivity contribution < 1.29 is 32.2 Å². The van der Waals surface area contributed by atoms with Gasteiger partial charge in [-0.3, -0.25) is 0 Å². The number of amides is 2. The van der Waals surface area contributed by atoms with Gasteiger partial charge in [0.15, 0.2) is 0 Å². The first-order valence-corrected chi connectivity index (χ1v) is 23.5. The van der Waals surface area contributed by atoms with Crippen molar-refractivity contribution in [3.63, 3.8) is 0 Å². The largest absolute Gasteiger partial charge is 0.446 e. The molecule has 9 rings (SSSR count). The lowest BCUT2D eigenvalue weighted by atomic mass is 9.41. The van der Waals surface area contributed by atoms with Crippen molar-refractivity contribution >= 4 is 22.2 Å². The molecule has 0 N–H and O–H groups in total. The monoisotopic (exact) mass is 759 g/mol. The van der Waals surface area contributed by atoms with Crippen molar-refractivity contribution in [3.8, 4) is 0 Å². The van der Waals surface area contributed by atoms with Crippen LogP contribution in [0.3, 0.4) is 0 Å². The Morgan fingerprint density at radius 1 is 0.792 bits per heavy atom. The van der Waals surface area contributed by atoms with Gasteiger partial charge in [-0.2, -0.15) is 4.31 Å². The Balaban J connectivity index is 0.978. The molecule has 53 heavy (non-hydrogen) atoms. The van der Waals surface area contributed by atoms with E-state index in [4.69, 9.17) is 14.2 Å². The molecular formula is C42H69N3O7S. The number of hydrogen-bond acceptors (Lipinski definition) is 7. The van der Waals surface area contributed by atoms with E-state index in [1.54, 1.807) is 4.90 Å². The van der Waals surface area contributed by atoms with E-state index in [-0.39, 0.29) is 47.9 Å². The molecule has 300 valence electrons. The zero-order valence-corrected chi connectivity index (χ0v) is 34.4. The first-order chi connectivity index (χ1) is 25.1. The lowest BCUT2D eigenvalue weighted by molar-refractivity contribution is -0.154. The number of hydrogen-bond donors (Lipinski definition) is 0. The Hall–Kier alpha value is -1.59. The maximum absolute atomic E-state index is 13.6. The summed E-state index contributed by atoms with van der Waals surface area (Å²) in [5, 5.41) is 0. The number of sulfonamides is 1.